The van der Waals surface area contributed by atoms with Crippen LogP contribution in [0.5, 0.6) is 5.75 Å². The van der Waals surface area contributed by atoms with Crippen molar-refractivity contribution in [2.24, 2.45) is 10.9 Å². The van der Waals surface area contributed by atoms with E-state index >= 15 is 0 Å². The van der Waals surface area contributed by atoms with Gasteiger partial charge in [0.05, 0.1) is 29.1 Å². The predicted molar refractivity (Wildman–Crippen MR) is 139 cm³/mol. The molecule has 1 unspecified atom stereocenters. The minimum atomic E-state index is -4.30. The highest BCUT2D eigenvalue weighted by Crippen LogP contribution is 2.37. The Kier molecular flexibility index (Phi) is 7.56. The summed E-state index contributed by atoms with van der Waals surface area (Å²) in [4.78, 5) is 25.4. The van der Waals surface area contributed by atoms with Crippen LogP contribution in [0.4, 0.5) is 5.69 Å². The second-order valence-electron chi connectivity index (χ2n) is 8.13. The minimum Gasteiger partial charge on any atom is -0.467 e. The van der Waals surface area contributed by atoms with Crippen molar-refractivity contribution >= 4 is 39.2 Å². The summed E-state index contributed by atoms with van der Waals surface area (Å²) >= 11 is 6.14. The fourth-order valence-corrected chi connectivity index (χ4v) is 4.90. The maximum atomic E-state index is 13.4. The van der Waals surface area contributed by atoms with Crippen LogP contribution in [0, 0.1) is 0 Å². The molecule has 3 aromatic carbocycles. The van der Waals surface area contributed by atoms with Gasteiger partial charge < -0.3 is 25.3 Å². The van der Waals surface area contributed by atoms with Crippen LogP contribution < -0.4 is 20.9 Å². The summed E-state index contributed by atoms with van der Waals surface area (Å²) in [5, 5.41) is 19.4. The van der Waals surface area contributed by atoms with E-state index in [1.54, 1.807) is 30.3 Å². The summed E-state index contributed by atoms with van der Waals surface area (Å²) in [5.41, 5.74) is 3.19. The summed E-state index contributed by atoms with van der Waals surface area (Å²) < 4.78 is 35.0. The van der Waals surface area contributed by atoms with Gasteiger partial charge in [-0.3, -0.25) is 4.79 Å². The molecule has 0 radical (unpaired) electrons. The minimum absolute atomic E-state index is 0.0993. The Morgan fingerprint density at radius 2 is 1.71 bits per heavy atom. The number of amides is 1. The molecule has 0 bridgehead atoms. The lowest BCUT2D eigenvalue weighted by molar-refractivity contribution is -0.133. The molecule has 0 fully saturated rings. The number of esters is 1. The summed E-state index contributed by atoms with van der Waals surface area (Å²) in [5.74, 6) is -1.79. The van der Waals surface area contributed by atoms with E-state index in [9.17, 15) is 23.1 Å². The summed E-state index contributed by atoms with van der Waals surface area (Å²) in [6.45, 7) is 0.129. The molecule has 0 saturated carbocycles. The predicted octanol–water partition coefficient (Wildman–Crippen LogP) is 3.13. The van der Waals surface area contributed by atoms with Gasteiger partial charge in [-0.1, -0.05) is 60.1 Å². The van der Waals surface area contributed by atoms with Gasteiger partial charge in [-0.05, 0) is 35.9 Å². The Morgan fingerprint density at radius 1 is 1.03 bits per heavy atom. The molecular formula is C26H22ClN3O7S. The van der Waals surface area contributed by atoms with Gasteiger partial charge in [0.2, 0.25) is 10.0 Å². The lowest BCUT2D eigenvalue weighted by Crippen LogP contribution is -2.42. The Hall–Kier alpha value is -4.16. The van der Waals surface area contributed by atoms with E-state index in [1.807, 2.05) is 0 Å². The summed E-state index contributed by atoms with van der Waals surface area (Å²) in [6, 6.07) is 19.3. The zero-order valence-corrected chi connectivity index (χ0v) is 21.2. The van der Waals surface area contributed by atoms with Crippen molar-refractivity contribution in [1.82, 2.24) is 0 Å². The van der Waals surface area contributed by atoms with Crippen LogP contribution in [-0.2, 0) is 27.0 Å². The van der Waals surface area contributed by atoms with Crippen molar-refractivity contribution in [3.8, 4) is 5.75 Å². The van der Waals surface area contributed by atoms with Gasteiger partial charge in [0.15, 0.2) is 5.60 Å². The number of halogens is 1. The molecule has 10 nitrogen and oxygen atoms in total. The fraction of sp³-hybridized carbons (Fsp3) is 0.0769. The topological polar surface area (TPSA) is 175 Å². The van der Waals surface area contributed by atoms with Crippen molar-refractivity contribution in [3.05, 3.63) is 113 Å². The number of anilines is 1. The second kappa shape index (κ2) is 10.7. The van der Waals surface area contributed by atoms with Gasteiger partial charge in [-0.25, -0.2) is 18.4 Å². The monoisotopic (exact) mass is 555 g/mol. The third-order valence-electron chi connectivity index (χ3n) is 5.66. The van der Waals surface area contributed by atoms with Crippen molar-refractivity contribution in [1.29, 1.82) is 0 Å². The first kappa shape index (κ1) is 26.9. The molecular weight excluding hydrogens is 534 g/mol. The van der Waals surface area contributed by atoms with E-state index in [4.69, 9.17) is 31.6 Å². The average molecular weight is 556 g/mol. The van der Waals surface area contributed by atoms with Gasteiger partial charge in [-0.15, -0.1) is 0 Å². The number of para-hydroxylation sites is 1. The molecule has 1 aromatic heterocycles. The number of carbonyl (C=O) groups excluding carboxylic acids is 2. The molecule has 1 heterocycles. The highest BCUT2D eigenvalue weighted by molar-refractivity contribution is 7.89. The maximum absolute atomic E-state index is 13.4. The van der Waals surface area contributed by atoms with Gasteiger partial charge in [0, 0.05) is 5.56 Å². The Bertz CT molecular complexity index is 1590. The first-order chi connectivity index (χ1) is 18.0. The molecule has 0 aliphatic rings. The quantitative estimate of drug-likeness (QED) is 0.180. The van der Waals surface area contributed by atoms with Crippen LogP contribution >= 0.6 is 11.6 Å². The summed E-state index contributed by atoms with van der Waals surface area (Å²) in [6.07, 6.45) is 1.47. The van der Waals surface area contributed by atoms with Crippen molar-refractivity contribution in [3.63, 3.8) is 0 Å². The van der Waals surface area contributed by atoms with Crippen LogP contribution in [0.1, 0.15) is 27.2 Å². The van der Waals surface area contributed by atoms with E-state index in [-0.39, 0.29) is 39.7 Å². The van der Waals surface area contributed by atoms with Gasteiger partial charge >= 0.3 is 5.97 Å². The molecule has 38 heavy (non-hydrogen) atoms. The number of hydrogen-bond acceptors (Lipinski definition) is 8. The van der Waals surface area contributed by atoms with Crippen LogP contribution in [0.25, 0.3) is 0 Å². The van der Waals surface area contributed by atoms with Crippen molar-refractivity contribution in [2.75, 3.05) is 5.32 Å². The number of rotatable bonds is 9. The molecule has 4 aromatic rings. The molecule has 1 amide bonds. The van der Waals surface area contributed by atoms with Crippen LogP contribution in [0.2, 0.25) is 5.02 Å². The number of nitrogens with one attached hydrogen (secondary N) is 1. The van der Waals surface area contributed by atoms with E-state index in [0.29, 0.717) is 5.76 Å². The van der Waals surface area contributed by atoms with Gasteiger partial charge in [0.1, 0.15) is 16.4 Å². The Labute approximate surface area is 222 Å². The first-order valence-electron chi connectivity index (χ1n) is 11.0. The van der Waals surface area contributed by atoms with E-state index < -0.39 is 32.4 Å². The Balaban J connectivity index is 1.77. The number of carbonyl (C=O) groups is 2. The lowest BCUT2D eigenvalue weighted by atomic mass is 9.85. The van der Waals surface area contributed by atoms with E-state index in [2.05, 4.69) is 5.32 Å². The number of primary amides is 1. The van der Waals surface area contributed by atoms with Crippen LogP contribution in [0.15, 0.2) is 94.4 Å². The fourth-order valence-electron chi connectivity index (χ4n) is 3.80. The zero-order chi connectivity index (χ0) is 27.5. The van der Waals surface area contributed by atoms with Gasteiger partial charge in [0.25, 0.3) is 5.91 Å². The number of aliphatic hydroxyl groups is 1. The molecule has 0 spiro atoms. The molecule has 4 rings (SSSR count). The Morgan fingerprint density at radius 3 is 2.34 bits per heavy atom. The van der Waals surface area contributed by atoms with Crippen molar-refractivity contribution in [2.45, 2.75) is 17.0 Å². The van der Waals surface area contributed by atoms with Gasteiger partial charge in [-0.2, -0.15) is 0 Å². The normalized spacial score (nSPS) is 12.9. The number of benzene rings is 3. The molecule has 0 aliphatic carbocycles. The number of sulfonamides is 1. The lowest BCUT2D eigenvalue weighted by Gasteiger charge is -2.27. The summed E-state index contributed by atoms with van der Waals surface area (Å²) in [7, 11) is -4.30. The van der Waals surface area contributed by atoms with Crippen LogP contribution in [0.3, 0.4) is 0 Å². The number of furan rings is 1. The standard InChI is InChI=1S/C26H22ClN3O7S/c27-20-14-21(30-15-17-9-6-12-36-17)18(13-23(20)38(29,34)35)24(31)37-22-11-5-4-10-19(22)26(33,25(28)32)16-7-2-1-3-8-16/h1-14,30,33H,15H2,(H2,28,32)(H2,29,34,35). The molecule has 12 heteroatoms. The number of primary sulfonamides is 1. The SMILES string of the molecule is NC(=O)C(O)(c1ccccc1)c1ccccc1OC(=O)c1cc(S(N)(=O)=O)c(Cl)cc1NCc1ccco1. The third-order valence-corrected chi connectivity index (χ3v) is 7.03. The van der Waals surface area contributed by atoms with Crippen molar-refractivity contribution < 1.29 is 32.3 Å². The highest BCUT2D eigenvalue weighted by atomic mass is 35.5. The molecule has 0 aliphatic heterocycles. The molecule has 1 atom stereocenters. The largest absolute Gasteiger partial charge is 0.467 e. The second-order valence-corrected chi connectivity index (χ2v) is 10.1. The highest BCUT2D eigenvalue weighted by Gasteiger charge is 2.41. The average Bonchev–Trinajstić information content (AvgIpc) is 3.40. The molecule has 6 N–H and O–H groups in total. The number of hydrogen-bond donors (Lipinski definition) is 4. The molecule has 0 saturated heterocycles. The van der Waals surface area contributed by atoms with E-state index in [1.165, 1.54) is 48.7 Å². The van der Waals surface area contributed by atoms with E-state index in [0.717, 1.165) is 6.07 Å². The number of ether oxygens (including phenoxy) is 1. The zero-order valence-electron chi connectivity index (χ0n) is 19.6. The first-order valence-corrected chi connectivity index (χ1v) is 13.0. The third kappa shape index (κ3) is 5.41. The smallest absolute Gasteiger partial charge is 0.345 e. The maximum Gasteiger partial charge on any atom is 0.345 e. The molecule has 196 valence electrons. The number of nitrogens with two attached hydrogens (primary N) is 2. The van der Waals surface area contributed by atoms with Crippen LogP contribution in [-0.4, -0.2) is 25.4 Å².